The molecule has 0 aromatic carbocycles. The molecule has 1 unspecified atom stereocenters. The van der Waals surface area contributed by atoms with Gasteiger partial charge in [-0.05, 0) is 31.3 Å². The Morgan fingerprint density at radius 1 is 1.53 bits per heavy atom. The van der Waals surface area contributed by atoms with Crippen molar-refractivity contribution in [2.75, 3.05) is 0 Å². The molecule has 2 heterocycles. The first kappa shape index (κ1) is 14.4. The van der Waals surface area contributed by atoms with Crippen molar-refractivity contribution in [3.05, 3.63) is 27.0 Å². The van der Waals surface area contributed by atoms with Gasteiger partial charge in [0.05, 0.1) is 22.3 Å². The topological polar surface area (TPSA) is 81.7 Å². The van der Waals surface area contributed by atoms with Crippen LogP contribution in [0.25, 0.3) is 0 Å². The summed E-state index contributed by atoms with van der Waals surface area (Å²) in [5.74, 6) is 5.67. The van der Waals surface area contributed by atoms with Crippen LogP contribution in [0.4, 0.5) is 0 Å². The molecule has 0 saturated carbocycles. The summed E-state index contributed by atoms with van der Waals surface area (Å²) in [6, 6.07) is -0.0460. The molecule has 0 amide bonds. The molecule has 0 bridgehead atoms. The van der Waals surface area contributed by atoms with Crippen molar-refractivity contribution < 1.29 is 0 Å². The van der Waals surface area contributed by atoms with Gasteiger partial charge in [-0.1, -0.05) is 23.0 Å². The highest BCUT2D eigenvalue weighted by atomic mass is 35.5. The fourth-order valence-electron chi connectivity index (χ4n) is 2.06. The molecule has 6 nitrogen and oxygen atoms in total. The van der Waals surface area contributed by atoms with Crippen LogP contribution < -0.4 is 11.3 Å². The third kappa shape index (κ3) is 2.79. The first-order chi connectivity index (χ1) is 9.08. The molecular weight excluding hydrogens is 284 g/mol. The maximum absolute atomic E-state index is 6.25. The van der Waals surface area contributed by atoms with E-state index in [1.165, 1.54) is 11.5 Å². The van der Waals surface area contributed by atoms with Crippen LogP contribution in [0.5, 0.6) is 0 Å². The zero-order valence-corrected chi connectivity index (χ0v) is 12.7. The van der Waals surface area contributed by atoms with E-state index in [2.05, 4.69) is 27.0 Å². The summed E-state index contributed by atoms with van der Waals surface area (Å²) in [7, 11) is 1.83. The fraction of sp³-hybridized carbons (Fsp3) is 0.545. The van der Waals surface area contributed by atoms with Gasteiger partial charge in [0.2, 0.25) is 0 Å². The number of hydrazine groups is 1. The van der Waals surface area contributed by atoms with Crippen LogP contribution in [-0.2, 0) is 19.9 Å². The number of rotatable bonds is 5. The Labute approximate surface area is 121 Å². The number of nitrogens with one attached hydrogen (secondary N) is 1. The predicted octanol–water partition coefficient (Wildman–Crippen LogP) is 1.54. The smallest absolute Gasteiger partial charge is 0.130 e. The Morgan fingerprint density at radius 2 is 2.26 bits per heavy atom. The lowest BCUT2D eigenvalue weighted by Crippen LogP contribution is -2.29. The molecule has 3 N–H and O–H groups in total. The fourth-order valence-corrected chi connectivity index (χ4v) is 3.11. The largest absolute Gasteiger partial charge is 0.271 e. The molecule has 104 valence electrons. The molecule has 8 heteroatoms. The third-order valence-corrected chi connectivity index (χ3v) is 4.47. The SMILES string of the molecule is CCc1nnsc1C(Cc1c(C)nn(C)c1Cl)NN. The molecule has 19 heavy (non-hydrogen) atoms. The average Bonchev–Trinajstić information content (AvgIpc) is 2.95. The van der Waals surface area contributed by atoms with E-state index in [4.69, 9.17) is 17.4 Å². The second kappa shape index (κ2) is 5.96. The van der Waals surface area contributed by atoms with E-state index in [0.29, 0.717) is 11.6 Å². The van der Waals surface area contributed by atoms with Crippen LogP contribution in [-0.4, -0.2) is 19.4 Å². The van der Waals surface area contributed by atoms with Gasteiger partial charge in [-0.3, -0.25) is 16.0 Å². The maximum atomic E-state index is 6.25. The molecule has 0 spiro atoms. The van der Waals surface area contributed by atoms with Gasteiger partial charge >= 0.3 is 0 Å². The Kier molecular flexibility index (Phi) is 4.51. The molecule has 0 radical (unpaired) electrons. The van der Waals surface area contributed by atoms with Gasteiger partial charge in [-0.2, -0.15) is 5.10 Å². The Bertz CT molecular complexity index is 564. The van der Waals surface area contributed by atoms with E-state index >= 15 is 0 Å². The lowest BCUT2D eigenvalue weighted by Gasteiger charge is -2.14. The van der Waals surface area contributed by atoms with Crippen LogP contribution >= 0.6 is 23.1 Å². The second-order valence-electron chi connectivity index (χ2n) is 4.34. The first-order valence-electron chi connectivity index (χ1n) is 6.03. The van der Waals surface area contributed by atoms with Crippen LogP contribution in [0.15, 0.2) is 0 Å². The van der Waals surface area contributed by atoms with Gasteiger partial charge in [-0.25, -0.2) is 0 Å². The van der Waals surface area contributed by atoms with Crippen LogP contribution in [0, 0.1) is 6.92 Å². The number of halogens is 1. The monoisotopic (exact) mass is 300 g/mol. The molecule has 2 rings (SSSR count). The van der Waals surface area contributed by atoms with Gasteiger partial charge < -0.3 is 0 Å². The van der Waals surface area contributed by atoms with Crippen molar-refractivity contribution >= 4 is 23.1 Å². The van der Waals surface area contributed by atoms with Gasteiger partial charge in [0.25, 0.3) is 0 Å². The summed E-state index contributed by atoms with van der Waals surface area (Å²) >= 11 is 7.62. The molecule has 0 aliphatic heterocycles. The minimum atomic E-state index is -0.0460. The zero-order chi connectivity index (χ0) is 14.0. The summed E-state index contributed by atoms with van der Waals surface area (Å²) in [6.45, 7) is 4.00. The standard InChI is InChI=1S/C11H17ClN6S/c1-4-8-10(19-17-15-8)9(14-13)5-7-6(2)16-18(3)11(7)12/h9,14H,4-5,13H2,1-3H3. The Morgan fingerprint density at radius 3 is 2.79 bits per heavy atom. The quantitative estimate of drug-likeness (QED) is 0.646. The van der Waals surface area contributed by atoms with Crippen molar-refractivity contribution in [2.45, 2.75) is 32.7 Å². The van der Waals surface area contributed by atoms with Crippen LogP contribution in [0.1, 0.15) is 34.8 Å². The van der Waals surface area contributed by atoms with Crippen molar-refractivity contribution in [1.82, 2.24) is 24.8 Å². The third-order valence-electron chi connectivity index (χ3n) is 3.12. The van der Waals surface area contributed by atoms with Crippen LogP contribution in [0.2, 0.25) is 5.15 Å². The molecule has 0 aliphatic carbocycles. The van der Waals surface area contributed by atoms with Crippen molar-refractivity contribution in [1.29, 1.82) is 0 Å². The van der Waals surface area contributed by atoms with E-state index in [1.54, 1.807) is 4.68 Å². The second-order valence-corrected chi connectivity index (χ2v) is 5.48. The predicted molar refractivity (Wildman–Crippen MR) is 76.0 cm³/mol. The van der Waals surface area contributed by atoms with E-state index in [1.807, 2.05) is 14.0 Å². The lowest BCUT2D eigenvalue weighted by atomic mass is 10.0. The number of aryl methyl sites for hydroxylation is 3. The van der Waals surface area contributed by atoms with E-state index in [0.717, 1.165) is 28.2 Å². The minimum absolute atomic E-state index is 0.0460. The van der Waals surface area contributed by atoms with Crippen molar-refractivity contribution in [3.63, 3.8) is 0 Å². The number of hydrogen-bond acceptors (Lipinski definition) is 6. The van der Waals surface area contributed by atoms with Gasteiger partial charge in [-0.15, -0.1) is 5.10 Å². The highest BCUT2D eigenvalue weighted by molar-refractivity contribution is 7.05. The summed E-state index contributed by atoms with van der Waals surface area (Å²) in [5.41, 5.74) is 5.73. The number of nitrogens with two attached hydrogens (primary N) is 1. The van der Waals surface area contributed by atoms with E-state index in [-0.39, 0.29) is 6.04 Å². The maximum Gasteiger partial charge on any atom is 0.130 e. The zero-order valence-electron chi connectivity index (χ0n) is 11.1. The average molecular weight is 301 g/mol. The van der Waals surface area contributed by atoms with E-state index in [9.17, 15) is 0 Å². The highest BCUT2D eigenvalue weighted by Gasteiger charge is 2.21. The van der Waals surface area contributed by atoms with Gasteiger partial charge in [0.1, 0.15) is 5.15 Å². The van der Waals surface area contributed by atoms with Crippen molar-refractivity contribution in [3.8, 4) is 0 Å². The Hall–Kier alpha value is -1.02. The molecular formula is C11H17ClN6S. The summed E-state index contributed by atoms with van der Waals surface area (Å²) in [5, 5.41) is 9.07. The number of nitrogens with zero attached hydrogens (tertiary/aromatic N) is 4. The number of hydrogen-bond donors (Lipinski definition) is 2. The minimum Gasteiger partial charge on any atom is -0.271 e. The summed E-state index contributed by atoms with van der Waals surface area (Å²) < 4.78 is 5.67. The normalized spacial score (nSPS) is 12.9. The molecule has 0 aliphatic rings. The van der Waals surface area contributed by atoms with E-state index < -0.39 is 0 Å². The number of aromatic nitrogens is 4. The lowest BCUT2D eigenvalue weighted by molar-refractivity contribution is 0.554. The Balaban J connectivity index is 2.29. The molecule has 1 atom stereocenters. The van der Waals surface area contributed by atoms with Gasteiger partial charge in [0.15, 0.2) is 0 Å². The molecule has 2 aromatic heterocycles. The molecule has 0 saturated heterocycles. The summed E-state index contributed by atoms with van der Waals surface area (Å²) in [4.78, 5) is 1.06. The van der Waals surface area contributed by atoms with Crippen LogP contribution in [0.3, 0.4) is 0 Å². The molecule has 0 fully saturated rings. The molecule has 2 aromatic rings. The summed E-state index contributed by atoms with van der Waals surface area (Å²) in [6.07, 6.45) is 1.51. The van der Waals surface area contributed by atoms with Crippen molar-refractivity contribution in [2.24, 2.45) is 12.9 Å². The van der Waals surface area contributed by atoms with Gasteiger partial charge in [0, 0.05) is 12.6 Å². The highest BCUT2D eigenvalue weighted by Crippen LogP contribution is 2.28. The first-order valence-corrected chi connectivity index (χ1v) is 7.18.